The van der Waals surface area contributed by atoms with Gasteiger partial charge in [-0.3, -0.25) is 34.1 Å². The van der Waals surface area contributed by atoms with Crippen LogP contribution in [-0.2, 0) is 19.2 Å². The monoisotopic (exact) mass is 1860 g/mol. The van der Waals surface area contributed by atoms with E-state index in [4.69, 9.17) is 49.5 Å². The van der Waals surface area contributed by atoms with Crippen molar-refractivity contribution in [1.82, 2.24) is 73.3 Å². The number of aromatic nitrogens is 12. The Labute approximate surface area is 773 Å². The molecule has 3 aliphatic rings. The second-order valence-electron chi connectivity index (χ2n) is 33.7. The number of carbonyl (C=O) groups is 4. The molecule has 36 heteroatoms. The van der Waals surface area contributed by atoms with E-state index in [0.717, 1.165) is 40.7 Å². The first-order valence-corrected chi connectivity index (χ1v) is 43.9. The fraction of sp³-hybridized carbons (Fsp3) is 0.333. The number of alkyl halides is 3. The number of ether oxygens (including phenoxy) is 1. The van der Waals surface area contributed by atoms with Crippen LogP contribution in [0.5, 0.6) is 5.88 Å². The van der Waals surface area contributed by atoms with Gasteiger partial charge in [0.25, 0.3) is 0 Å². The number of carbonyl (C=O) groups excluding carboxylic acids is 4. The zero-order chi connectivity index (χ0) is 95.8. The summed E-state index contributed by atoms with van der Waals surface area (Å²) >= 11 is 20.4. The Morgan fingerprint density at radius 2 is 0.841 bits per heavy atom. The molecule has 0 saturated carbocycles. The van der Waals surface area contributed by atoms with Gasteiger partial charge in [0.1, 0.15) is 29.1 Å². The van der Waals surface area contributed by atoms with Gasteiger partial charge in [-0.2, -0.15) is 33.1 Å². The smallest absolute Gasteiger partial charge is 0.471 e. The summed E-state index contributed by atoms with van der Waals surface area (Å²) in [6.07, 6.45) is 3.56. The molecule has 4 amide bonds. The van der Waals surface area contributed by atoms with Gasteiger partial charge in [0.05, 0.1) is 95.1 Å². The summed E-state index contributed by atoms with van der Waals surface area (Å²) < 4.78 is 80.1. The Kier molecular flexibility index (Phi) is 28.7. The highest BCUT2D eigenvalue weighted by atomic mass is 35.5. The summed E-state index contributed by atoms with van der Waals surface area (Å²) in [5.74, 6) is -3.31. The second-order valence-corrected chi connectivity index (χ2v) is 34.9. The summed E-state index contributed by atoms with van der Waals surface area (Å²) in [5.41, 5.74) is 5.28. The van der Waals surface area contributed by atoms with Crippen molar-refractivity contribution in [3.05, 3.63) is 246 Å². The van der Waals surface area contributed by atoms with E-state index in [1.165, 1.54) is 46.6 Å². The van der Waals surface area contributed by atoms with Crippen molar-refractivity contribution >= 4 is 120 Å². The first-order chi connectivity index (χ1) is 62.7. The van der Waals surface area contributed by atoms with E-state index < -0.39 is 52.0 Å². The number of methoxy groups -OCH3 is 1. The van der Waals surface area contributed by atoms with Gasteiger partial charge in [0, 0.05) is 124 Å². The molecular weight excluding hydrogens is 1760 g/mol. The van der Waals surface area contributed by atoms with E-state index in [1.54, 1.807) is 86.5 Å². The predicted molar refractivity (Wildman–Crippen MR) is 507 cm³/mol. The molecule has 6 atom stereocenters. The zero-order valence-electron chi connectivity index (χ0n) is 75.7. The summed E-state index contributed by atoms with van der Waals surface area (Å²) in [7, 11) is 3.29. The number of pyridine rings is 6. The van der Waals surface area contributed by atoms with Crippen LogP contribution in [0.15, 0.2) is 174 Å². The normalized spacial score (nSPS) is 17.0. The summed E-state index contributed by atoms with van der Waals surface area (Å²) in [6, 6.07) is 26.3. The molecule has 0 aliphatic carbocycles. The minimum absolute atomic E-state index is 0.0248. The molecule has 12 aromatic rings. The number of nitrogens with zero attached hydrogens (tertiary/aromatic N) is 18. The molecule has 6 unspecified atom stereocenters. The molecule has 3 aromatic carbocycles. The molecule has 3 aliphatic heterocycles. The molecule has 688 valence electrons. The molecule has 0 spiro atoms. The number of aryl methyl sites for hydroxylation is 2. The van der Waals surface area contributed by atoms with Gasteiger partial charge in [0.15, 0.2) is 16.9 Å². The van der Waals surface area contributed by atoms with Gasteiger partial charge in [-0.1, -0.05) is 139 Å². The standard InChI is InChI=1S/C33H32ClF4N7O3.C32H36ClN7O2.C31H32ClFN6O3/c1-7-24(46)43-14-19(6)44(15-18(43)5)29-20-13-21(34)27(25-22(35)9-8-10-23(25)40-31(47)33(36,37)38)41-30(20)45(32(48)42-29)28-17(4)11-12-39-26(28)16(2)3;1-8-26(41)38-16-21(6)39(17-20(38)5)30-23-15-24(33)28(22-11-9-10-12-25(22)34-7)36-31(23)40(32(42)37-30)29-19(4)13-14-35-27(29)18(2)3;1-7-25(40)37-15-19(5)38(16-18(37)4)28-22-14-21(20-10-8-9-11-24(20)33)30(42-6)35-29(22)39(31(41)36-28)27-23(32)12-13-34-26(27)17(2)3/h7-13,16,18-19H,1,14-15H2,2-6H3,(H,40,47);8-15,18,20-21,34H,1,16-17H2,2-7H3;7-14,17-19H,1,15-16H2,2-6H3. The molecule has 12 heterocycles. The zero-order valence-corrected chi connectivity index (χ0v) is 77.9. The minimum atomic E-state index is -5.26. The van der Waals surface area contributed by atoms with Gasteiger partial charge >= 0.3 is 29.2 Å². The second kappa shape index (κ2) is 39.3. The lowest BCUT2D eigenvalue weighted by Gasteiger charge is -2.44. The van der Waals surface area contributed by atoms with Crippen LogP contribution in [0.1, 0.15) is 129 Å². The summed E-state index contributed by atoms with van der Waals surface area (Å²) in [5, 5.41) is 6.90. The SMILES string of the molecule is C=CC(=O)N1CC(C)N(c2nc(=O)n(-c3c(C)ccnc3C(C)C)c3nc(-c4c(F)cccc4NC(=O)C(F)(F)F)c(Cl)cc23)CC1C.C=CC(=O)N1CC(C)N(c2nc(=O)n(-c3c(C)ccnc3C(C)C)c3nc(-c4ccccc4NC)c(Cl)cc23)CC1C.C=CC(=O)N1CC(C)N(c2nc(=O)n(-c3c(Cl)ccnc3C(C)C)c3nc(OC)c(-c4ccccc4F)cc23)CC1C. The number of rotatable bonds is 18. The van der Waals surface area contributed by atoms with Gasteiger partial charge in [-0.05, 0) is 163 Å². The summed E-state index contributed by atoms with van der Waals surface area (Å²) in [4.78, 5) is 145. The average Bonchev–Trinajstić information content (AvgIpc) is 0.738. The van der Waals surface area contributed by atoms with E-state index in [2.05, 4.69) is 64.8 Å². The number of amides is 4. The van der Waals surface area contributed by atoms with Crippen molar-refractivity contribution in [2.24, 2.45) is 0 Å². The lowest BCUT2D eigenvalue weighted by atomic mass is 10.0. The van der Waals surface area contributed by atoms with Gasteiger partial charge in [-0.25, -0.2) is 46.8 Å². The van der Waals surface area contributed by atoms with Gasteiger partial charge in [0.2, 0.25) is 23.6 Å². The third-order valence-electron chi connectivity index (χ3n) is 23.7. The molecule has 3 saturated heterocycles. The van der Waals surface area contributed by atoms with Crippen LogP contribution < -0.4 is 47.1 Å². The average molecular weight is 1860 g/mol. The van der Waals surface area contributed by atoms with Crippen LogP contribution in [0.25, 0.3) is 83.8 Å². The number of piperazine rings is 3. The van der Waals surface area contributed by atoms with E-state index in [-0.39, 0.29) is 129 Å². The molecule has 28 nitrogen and oxygen atoms in total. The maximum absolute atomic E-state index is 15.5. The first-order valence-electron chi connectivity index (χ1n) is 42.8. The molecule has 15 rings (SSSR count). The number of hydrogen-bond donors (Lipinski definition) is 2. The number of fused-ring (bicyclic) bond motifs is 3. The lowest BCUT2D eigenvalue weighted by Crippen LogP contribution is -2.58. The van der Waals surface area contributed by atoms with Crippen LogP contribution in [0.4, 0.5) is 50.8 Å². The van der Waals surface area contributed by atoms with Crippen molar-refractivity contribution in [1.29, 1.82) is 0 Å². The third-order valence-corrected chi connectivity index (χ3v) is 24.5. The minimum Gasteiger partial charge on any atom is -0.480 e. The maximum atomic E-state index is 15.5. The first kappa shape index (κ1) is 96.2. The number of nitrogens with one attached hydrogen (secondary N) is 2. The topological polar surface area (TPSA) is 303 Å². The highest BCUT2D eigenvalue weighted by molar-refractivity contribution is 6.35. The van der Waals surface area contributed by atoms with Crippen molar-refractivity contribution in [2.75, 3.05) is 78.8 Å². The molecule has 9 aromatic heterocycles. The molecule has 132 heavy (non-hydrogen) atoms. The van der Waals surface area contributed by atoms with Crippen LogP contribution >= 0.6 is 34.8 Å². The molecule has 0 bridgehead atoms. The molecule has 3 fully saturated rings. The number of benzene rings is 3. The highest BCUT2D eigenvalue weighted by Crippen LogP contribution is 2.45. The number of halogens is 8. The van der Waals surface area contributed by atoms with Crippen LogP contribution in [-0.4, -0.2) is 193 Å². The maximum Gasteiger partial charge on any atom is 0.471 e. The van der Waals surface area contributed by atoms with E-state index in [1.807, 2.05) is 143 Å². The third kappa shape index (κ3) is 18.7. The molecular formula is C96H100Cl3F5N20O8. The van der Waals surface area contributed by atoms with Crippen molar-refractivity contribution in [3.63, 3.8) is 0 Å². The quantitative estimate of drug-likeness (QED) is 0.0595. The number of anilines is 5. The van der Waals surface area contributed by atoms with Crippen molar-refractivity contribution in [3.8, 4) is 56.6 Å². The molecule has 2 N–H and O–H groups in total. The van der Waals surface area contributed by atoms with Crippen LogP contribution in [0, 0.1) is 25.5 Å². The Hall–Kier alpha value is -13.4. The van der Waals surface area contributed by atoms with E-state index in [0.29, 0.717) is 110 Å². The lowest BCUT2D eigenvalue weighted by molar-refractivity contribution is -0.167. The Morgan fingerprint density at radius 1 is 0.462 bits per heavy atom. The Bertz CT molecular complexity index is 6790. The fourth-order valence-electron chi connectivity index (χ4n) is 17.1. The predicted octanol–water partition coefficient (Wildman–Crippen LogP) is 17.1. The summed E-state index contributed by atoms with van der Waals surface area (Å²) in [6.45, 7) is 40.3. The Balaban J connectivity index is 0.000000169. The highest BCUT2D eigenvalue weighted by Gasteiger charge is 2.42. The van der Waals surface area contributed by atoms with E-state index in [9.17, 15) is 46.7 Å². The fourth-order valence-corrected chi connectivity index (χ4v) is 17.9. The number of para-hydroxylation sites is 1. The van der Waals surface area contributed by atoms with E-state index >= 15 is 8.78 Å². The van der Waals surface area contributed by atoms with Crippen LogP contribution in [0.2, 0.25) is 15.1 Å². The number of hydrogen-bond acceptors (Lipinski definition) is 21. The largest absolute Gasteiger partial charge is 0.480 e. The molecule has 0 radical (unpaired) electrons. The van der Waals surface area contributed by atoms with Crippen molar-refractivity contribution < 1.29 is 45.9 Å². The van der Waals surface area contributed by atoms with Gasteiger partial charge < -0.3 is 44.8 Å². The Morgan fingerprint density at radius 3 is 1.27 bits per heavy atom. The van der Waals surface area contributed by atoms with Gasteiger partial charge in [-0.15, -0.1) is 0 Å². The van der Waals surface area contributed by atoms with Crippen molar-refractivity contribution in [2.45, 2.75) is 157 Å². The van der Waals surface area contributed by atoms with Crippen LogP contribution in [0.3, 0.4) is 0 Å².